The second-order valence-electron chi connectivity index (χ2n) is 6.62. The van der Waals surface area contributed by atoms with Crippen molar-refractivity contribution in [3.8, 4) is 0 Å². The fourth-order valence-corrected chi connectivity index (χ4v) is 4.90. The zero-order valence-corrected chi connectivity index (χ0v) is 14.8. The van der Waals surface area contributed by atoms with E-state index in [1.165, 1.54) is 5.69 Å². The number of nitrogens with one attached hydrogen (secondary N) is 1. The molecule has 0 spiro atoms. The van der Waals surface area contributed by atoms with Crippen molar-refractivity contribution in [3.05, 3.63) is 36.3 Å². The molecule has 0 unspecified atom stereocenters. The third-order valence-electron chi connectivity index (χ3n) is 5.27. The maximum atomic E-state index is 12.3. The largest absolute Gasteiger partial charge is 0.345 e. The van der Waals surface area contributed by atoms with E-state index in [-0.39, 0.29) is 11.7 Å². The molecule has 1 fully saturated rings. The Hall–Kier alpha value is -1.86. The monoisotopic (exact) mass is 346 g/mol. The summed E-state index contributed by atoms with van der Waals surface area (Å²) in [6.45, 7) is 5.11. The Kier molecular flexibility index (Phi) is 3.65. The van der Waals surface area contributed by atoms with Crippen molar-refractivity contribution >= 4 is 26.7 Å². The number of hydrogen-bond donors (Lipinski definition) is 1. The van der Waals surface area contributed by atoms with Gasteiger partial charge in [0.1, 0.15) is 0 Å². The molecule has 0 radical (unpaired) electrons. The lowest BCUT2D eigenvalue weighted by Crippen LogP contribution is -2.43. The van der Waals surface area contributed by atoms with Crippen LogP contribution in [0.1, 0.15) is 31.9 Å². The van der Waals surface area contributed by atoms with Gasteiger partial charge in [0.25, 0.3) is 0 Å². The number of aromatic amines is 1. The van der Waals surface area contributed by atoms with Crippen molar-refractivity contribution in [2.45, 2.75) is 26.2 Å². The van der Waals surface area contributed by atoms with E-state index in [9.17, 15) is 8.42 Å². The Bertz CT molecular complexity index is 989. The number of fused-ring (bicyclic) bond motifs is 3. The Balaban J connectivity index is 1.82. The van der Waals surface area contributed by atoms with Gasteiger partial charge < -0.3 is 9.38 Å². The average molecular weight is 346 g/mol. The molecule has 1 saturated heterocycles. The van der Waals surface area contributed by atoms with Crippen LogP contribution < -0.4 is 0 Å². The molecule has 4 rings (SSSR count). The molecule has 1 aliphatic rings. The van der Waals surface area contributed by atoms with Crippen LogP contribution in [0.5, 0.6) is 0 Å². The Morgan fingerprint density at radius 2 is 2.17 bits per heavy atom. The standard InChI is InChI=1S/C17H22N4O2S/c1-3-24(22,23)20-9-7-12(2)14(11-20)15-5-4-13-10-19-17-16(21(13)15)6-8-18-17/h4-6,8,10,12,14,18H,3,7,9,11H2,1-2H3/t12-,14-/m0/s1. The van der Waals surface area contributed by atoms with Crippen molar-refractivity contribution < 1.29 is 8.42 Å². The average Bonchev–Trinajstić information content (AvgIpc) is 3.20. The van der Waals surface area contributed by atoms with Crippen LogP contribution in [0.4, 0.5) is 0 Å². The lowest BCUT2D eigenvalue weighted by molar-refractivity contribution is 0.248. The minimum Gasteiger partial charge on any atom is -0.345 e. The van der Waals surface area contributed by atoms with Gasteiger partial charge in [-0.2, -0.15) is 0 Å². The molecule has 128 valence electrons. The molecule has 1 aliphatic heterocycles. The van der Waals surface area contributed by atoms with Gasteiger partial charge in [0.2, 0.25) is 10.0 Å². The smallest absolute Gasteiger partial charge is 0.213 e. The van der Waals surface area contributed by atoms with E-state index >= 15 is 0 Å². The molecule has 24 heavy (non-hydrogen) atoms. The van der Waals surface area contributed by atoms with Crippen LogP contribution in [0.3, 0.4) is 0 Å². The number of nitrogens with zero attached hydrogens (tertiary/aromatic N) is 3. The summed E-state index contributed by atoms with van der Waals surface area (Å²) in [6.07, 6.45) is 4.63. The molecule has 0 bridgehead atoms. The minimum atomic E-state index is -3.15. The zero-order valence-electron chi connectivity index (χ0n) is 13.9. The molecule has 0 saturated carbocycles. The number of aromatic nitrogens is 3. The first-order chi connectivity index (χ1) is 11.5. The minimum absolute atomic E-state index is 0.162. The van der Waals surface area contributed by atoms with Crippen LogP contribution in [0.25, 0.3) is 16.7 Å². The van der Waals surface area contributed by atoms with Gasteiger partial charge in [-0.3, -0.25) is 0 Å². The normalized spacial score (nSPS) is 23.2. The van der Waals surface area contributed by atoms with E-state index in [2.05, 4.69) is 33.4 Å². The Morgan fingerprint density at radius 1 is 1.33 bits per heavy atom. The summed E-state index contributed by atoms with van der Waals surface area (Å²) < 4.78 is 28.5. The highest BCUT2D eigenvalue weighted by Gasteiger charge is 2.34. The quantitative estimate of drug-likeness (QED) is 0.792. The maximum Gasteiger partial charge on any atom is 0.213 e. The van der Waals surface area contributed by atoms with Crippen LogP contribution >= 0.6 is 0 Å². The third-order valence-corrected chi connectivity index (χ3v) is 7.12. The second-order valence-corrected chi connectivity index (χ2v) is 8.88. The fourth-order valence-electron chi connectivity index (χ4n) is 3.76. The number of piperidine rings is 1. The predicted octanol–water partition coefficient (Wildman–Crippen LogP) is 2.59. The lowest BCUT2D eigenvalue weighted by atomic mass is 9.85. The van der Waals surface area contributed by atoms with Gasteiger partial charge in [0, 0.05) is 30.9 Å². The first-order valence-corrected chi connectivity index (χ1v) is 10.0. The summed E-state index contributed by atoms with van der Waals surface area (Å²) in [6, 6.07) is 6.20. The molecular formula is C17H22N4O2S. The SMILES string of the molecule is CCS(=O)(=O)N1CC[C@H](C)[C@@H](c2ccc3cnc4[nH]ccc4n23)C1. The van der Waals surface area contributed by atoms with E-state index in [0.29, 0.717) is 19.0 Å². The number of sulfonamides is 1. The van der Waals surface area contributed by atoms with E-state index in [4.69, 9.17) is 0 Å². The summed E-state index contributed by atoms with van der Waals surface area (Å²) in [5.41, 5.74) is 4.09. The van der Waals surface area contributed by atoms with Gasteiger partial charge in [0.05, 0.1) is 23.0 Å². The number of hydrogen-bond acceptors (Lipinski definition) is 3. The van der Waals surface area contributed by atoms with Crippen LogP contribution in [0, 0.1) is 5.92 Å². The van der Waals surface area contributed by atoms with Crippen LogP contribution in [0.15, 0.2) is 30.6 Å². The van der Waals surface area contributed by atoms with Crippen molar-refractivity contribution in [3.63, 3.8) is 0 Å². The second kappa shape index (κ2) is 5.60. The molecule has 0 aromatic carbocycles. The first-order valence-electron chi connectivity index (χ1n) is 8.42. The molecule has 3 aromatic heterocycles. The molecular weight excluding hydrogens is 324 g/mol. The molecule has 0 aliphatic carbocycles. The molecule has 7 heteroatoms. The molecule has 6 nitrogen and oxygen atoms in total. The summed E-state index contributed by atoms with van der Waals surface area (Å²) in [5.74, 6) is 0.784. The van der Waals surface area contributed by atoms with Crippen molar-refractivity contribution in [1.29, 1.82) is 0 Å². The van der Waals surface area contributed by atoms with Crippen LogP contribution in [-0.2, 0) is 10.0 Å². The summed E-state index contributed by atoms with van der Waals surface area (Å²) in [4.78, 5) is 7.58. The van der Waals surface area contributed by atoms with Gasteiger partial charge in [-0.05, 0) is 37.5 Å². The summed E-state index contributed by atoms with van der Waals surface area (Å²) >= 11 is 0. The van der Waals surface area contributed by atoms with Crippen LogP contribution in [0.2, 0.25) is 0 Å². The number of rotatable bonds is 3. The van der Waals surface area contributed by atoms with Gasteiger partial charge in [-0.1, -0.05) is 6.92 Å². The summed E-state index contributed by atoms with van der Waals surface area (Å²) in [7, 11) is -3.15. The lowest BCUT2D eigenvalue weighted by Gasteiger charge is -2.36. The van der Waals surface area contributed by atoms with Gasteiger partial charge in [-0.15, -0.1) is 0 Å². The van der Waals surface area contributed by atoms with E-state index in [0.717, 1.165) is 23.1 Å². The molecule has 4 heterocycles. The van der Waals surface area contributed by atoms with Crippen molar-refractivity contribution in [1.82, 2.24) is 18.7 Å². The first kappa shape index (κ1) is 15.7. The fraction of sp³-hybridized carbons (Fsp3) is 0.471. The van der Waals surface area contributed by atoms with Gasteiger partial charge in [0.15, 0.2) is 5.65 Å². The van der Waals surface area contributed by atoms with E-state index in [1.54, 1.807) is 11.2 Å². The van der Waals surface area contributed by atoms with Crippen LogP contribution in [-0.4, -0.2) is 45.9 Å². The predicted molar refractivity (Wildman–Crippen MR) is 94.6 cm³/mol. The van der Waals surface area contributed by atoms with Crippen molar-refractivity contribution in [2.24, 2.45) is 5.92 Å². The Labute approximate surface area is 141 Å². The van der Waals surface area contributed by atoms with Gasteiger partial charge in [-0.25, -0.2) is 17.7 Å². The summed E-state index contributed by atoms with van der Waals surface area (Å²) in [5, 5.41) is 0. The molecule has 2 atom stereocenters. The Morgan fingerprint density at radius 3 is 2.96 bits per heavy atom. The highest BCUT2D eigenvalue weighted by Crippen LogP contribution is 2.35. The van der Waals surface area contributed by atoms with E-state index < -0.39 is 10.0 Å². The van der Waals surface area contributed by atoms with E-state index in [1.807, 2.05) is 18.5 Å². The maximum absolute atomic E-state index is 12.3. The van der Waals surface area contributed by atoms with Gasteiger partial charge >= 0.3 is 0 Å². The molecule has 1 N–H and O–H groups in total. The third kappa shape index (κ3) is 2.34. The highest BCUT2D eigenvalue weighted by atomic mass is 32.2. The highest BCUT2D eigenvalue weighted by molar-refractivity contribution is 7.89. The molecule has 3 aromatic rings. The zero-order chi connectivity index (χ0) is 16.9. The van der Waals surface area contributed by atoms with Crippen molar-refractivity contribution in [2.75, 3.05) is 18.8 Å². The number of H-pyrrole nitrogens is 1. The molecule has 0 amide bonds. The topological polar surface area (TPSA) is 70.5 Å².